The molecule has 1 amide bonds. The zero-order valence-corrected chi connectivity index (χ0v) is 12.3. The van der Waals surface area contributed by atoms with Crippen LogP contribution >= 0.6 is 0 Å². The van der Waals surface area contributed by atoms with Crippen molar-refractivity contribution in [2.75, 3.05) is 5.32 Å². The van der Waals surface area contributed by atoms with Crippen molar-refractivity contribution < 1.29 is 13.9 Å². The molecule has 0 aliphatic rings. The molecule has 3 nitrogen and oxygen atoms in total. The lowest BCUT2D eigenvalue weighted by molar-refractivity contribution is -0.122. The number of hydrogen-bond donors (Lipinski definition) is 1. The topological polar surface area (TPSA) is 38.3 Å². The molecule has 0 saturated carbocycles. The highest BCUT2D eigenvalue weighted by Gasteiger charge is 2.15. The molecule has 0 unspecified atom stereocenters. The predicted octanol–water partition coefficient (Wildman–Crippen LogP) is 3.85. The van der Waals surface area contributed by atoms with Gasteiger partial charge in [-0.05, 0) is 68.3 Å². The van der Waals surface area contributed by atoms with Crippen molar-refractivity contribution in [3.63, 3.8) is 0 Å². The standard InChI is InChI=1S/C17H18FNO2/c1-11-8-12(2)10-15(9-11)19-17(20)13(3)21-16-6-4-14(18)5-7-16/h4-10,13H,1-3H3,(H,19,20)/t13-/m1/s1. The van der Waals surface area contributed by atoms with E-state index >= 15 is 0 Å². The molecule has 0 aliphatic carbocycles. The first-order chi connectivity index (χ1) is 9.94. The third-order valence-corrected chi connectivity index (χ3v) is 2.98. The maximum Gasteiger partial charge on any atom is 0.265 e. The van der Waals surface area contributed by atoms with E-state index in [2.05, 4.69) is 5.32 Å². The summed E-state index contributed by atoms with van der Waals surface area (Å²) in [5.41, 5.74) is 2.90. The Morgan fingerprint density at radius 2 is 1.67 bits per heavy atom. The van der Waals surface area contributed by atoms with Crippen LogP contribution < -0.4 is 10.1 Å². The van der Waals surface area contributed by atoms with Gasteiger partial charge in [0.2, 0.25) is 0 Å². The van der Waals surface area contributed by atoms with Crippen LogP contribution in [0.25, 0.3) is 0 Å². The van der Waals surface area contributed by atoms with Gasteiger partial charge in [0.1, 0.15) is 11.6 Å². The van der Waals surface area contributed by atoms with E-state index in [1.165, 1.54) is 24.3 Å². The van der Waals surface area contributed by atoms with E-state index in [-0.39, 0.29) is 11.7 Å². The number of aryl methyl sites for hydroxylation is 2. The Morgan fingerprint density at radius 3 is 2.24 bits per heavy atom. The van der Waals surface area contributed by atoms with Gasteiger partial charge in [-0.2, -0.15) is 0 Å². The highest BCUT2D eigenvalue weighted by Crippen LogP contribution is 2.16. The van der Waals surface area contributed by atoms with Crippen LogP contribution in [-0.4, -0.2) is 12.0 Å². The molecule has 2 rings (SSSR count). The van der Waals surface area contributed by atoms with Gasteiger partial charge in [0.25, 0.3) is 5.91 Å². The van der Waals surface area contributed by atoms with E-state index in [0.717, 1.165) is 16.8 Å². The fraction of sp³-hybridized carbons (Fsp3) is 0.235. The van der Waals surface area contributed by atoms with Gasteiger partial charge >= 0.3 is 0 Å². The number of hydrogen-bond acceptors (Lipinski definition) is 2. The molecule has 1 atom stereocenters. The zero-order chi connectivity index (χ0) is 15.4. The minimum atomic E-state index is -0.670. The van der Waals surface area contributed by atoms with Crippen LogP contribution in [0.15, 0.2) is 42.5 Å². The first kappa shape index (κ1) is 15.0. The van der Waals surface area contributed by atoms with Crippen molar-refractivity contribution in [1.82, 2.24) is 0 Å². The molecule has 2 aromatic rings. The monoisotopic (exact) mass is 287 g/mol. The quantitative estimate of drug-likeness (QED) is 0.927. The van der Waals surface area contributed by atoms with Gasteiger partial charge in [-0.25, -0.2) is 4.39 Å². The molecule has 0 bridgehead atoms. The van der Waals surface area contributed by atoms with E-state index in [9.17, 15) is 9.18 Å². The van der Waals surface area contributed by atoms with Gasteiger partial charge in [0.15, 0.2) is 6.10 Å². The van der Waals surface area contributed by atoms with E-state index < -0.39 is 6.10 Å². The molecular weight excluding hydrogens is 269 g/mol. The number of anilines is 1. The van der Waals surface area contributed by atoms with Crippen LogP contribution in [0.5, 0.6) is 5.75 Å². The number of ether oxygens (including phenoxy) is 1. The zero-order valence-electron chi connectivity index (χ0n) is 12.3. The fourth-order valence-electron chi connectivity index (χ4n) is 2.06. The third kappa shape index (κ3) is 4.31. The summed E-state index contributed by atoms with van der Waals surface area (Å²) >= 11 is 0. The smallest absolute Gasteiger partial charge is 0.265 e. The first-order valence-corrected chi connectivity index (χ1v) is 6.75. The van der Waals surface area contributed by atoms with Crippen molar-refractivity contribution in [3.8, 4) is 5.75 Å². The molecule has 0 fully saturated rings. The minimum absolute atomic E-state index is 0.246. The van der Waals surface area contributed by atoms with Crippen LogP contribution in [-0.2, 0) is 4.79 Å². The summed E-state index contributed by atoms with van der Waals surface area (Å²) in [5.74, 6) is -0.126. The molecule has 4 heteroatoms. The number of rotatable bonds is 4. The molecule has 0 radical (unpaired) electrons. The van der Waals surface area contributed by atoms with E-state index in [0.29, 0.717) is 5.75 Å². The highest BCUT2D eigenvalue weighted by molar-refractivity contribution is 5.94. The fourth-order valence-corrected chi connectivity index (χ4v) is 2.06. The number of amides is 1. The van der Waals surface area contributed by atoms with Crippen molar-refractivity contribution in [2.24, 2.45) is 0 Å². The van der Waals surface area contributed by atoms with Crippen molar-refractivity contribution in [3.05, 3.63) is 59.4 Å². The lowest BCUT2D eigenvalue weighted by Crippen LogP contribution is -2.30. The maximum atomic E-state index is 12.8. The summed E-state index contributed by atoms with van der Waals surface area (Å²) in [6, 6.07) is 11.4. The van der Waals surface area contributed by atoms with Crippen molar-refractivity contribution in [1.29, 1.82) is 0 Å². The van der Waals surface area contributed by atoms with E-state index in [4.69, 9.17) is 4.74 Å². The molecule has 0 aromatic heterocycles. The van der Waals surface area contributed by atoms with Crippen LogP contribution in [0.3, 0.4) is 0 Å². The molecule has 0 heterocycles. The molecule has 0 spiro atoms. The van der Waals surface area contributed by atoms with Crippen LogP contribution in [0.4, 0.5) is 10.1 Å². The summed E-state index contributed by atoms with van der Waals surface area (Å²) in [4.78, 5) is 12.1. The summed E-state index contributed by atoms with van der Waals surface area (Å²) in [7, 11) is 0. The minimum Gasteiger partial charge on any atom is -0.481 e. The van der Waals surface area contributed by atoms with Crippen molar-refractivity contribution in [2.45, 2.75) is 26.9 Å². The summed E-state index contributed by atoms with van der Waals surface area (Å²) in [6.07, 6.45) is -0.670. The molecule has 110 valence electrons. The van der Waals surface area contributed by atoms with E-state index in [1.54, 1.807) is 6.92 Å². The van der Waals surface area contributed by atoms with Gasteiger partial charge in [-0.3, -0.25) is 4.79 Å². The van der Waals surface area contributed by atoms with Crippen molar-refractivity contribution >= 4 is 11.6 Å². The Bertz CT molecular complexity index is 617. The maximum absolute atomic E-state index is 12.8. The Morgan fingerprint density at radius 1 is 1.10 bits per heavy atom. The second kappa shape index (κ2) is 6.39. The van der Waals surface area contributed by atoms with Gasteiger partial charge < -0.3 is 10.1 Å². The number of halogens is 1. The second-order valence-corrected chi connectivity index (χ2v) is 5.08. The van der Waals surface area contributed by atoms with Gasteiger partial charge in [-0.15, -0.1) is 0 Å². The van der Waals surface area contributed by atoms with Gasteiger partial charge in [0.05, 0.1) is 0 Å². The first-order valence-electron chi connectivity index (χ1n) is 6.75. The molecular formula is C17H18FNO2. The van der Waals surface area contributed by atoms with Crippen LogP contribution in [0.2, 0.25) is 0 Å². The lowest BCUT2D eigenvalue weighted by atomic mass is 10.1. The number of benzene rings is 2. The Labute approximate surface area is 123 Å². The lowest BCUT2D eigenvalue weighted by Gasteiger charge is -2.15. The number of nitrogens with one attached hydrogen (secondary N) is 1. The second-order valence-electron chi connectivity index (χ2n) is 5.08. The van der Waals surface area contributed by atoms with Gasteiger partial charge in [-0.1, -0.05) is 6.07 Å². The third-order valence-electron chi connectivity index (χ3n) is 2.98. The molecule has 0 saturated heterocycles. The molecule has 2 aromatic carbocycles. The van der Waals surface area contributed by atoms with Crippen LogP contribution in [0.1, 0.15) is 18.1 Å². The summed E-state index contributed by atoms with van der Waals surface area (Å²) < 4.78 is 18.3. The average molecular weight is 287 g/mol. The Balaban J connectivity index is 2.00. The highest BCUT2D eigenvalue weighted by atomic mass is 19.1. The van der Waals surface area contributed by atoms with Crippen LogP contribution in [0, 0.1) is 19.7 Å². The van der Waals surface area contributed by atoms with Gasteiger partial charge in [0, 0.05) is 5.69 Å². The Kier molecular flexibility index (Phi) is 4.58. The SMILES string of the molecule is Cc1cc(C)cc(NC(=O)[C@@H](C)Oc2ccc(F)cc2)c1. The summed E-state index contributed by atoms with van der Waals surface area (Å²) in [5, 5.41) is 2.82. The Hall–Kier alpha value is -2.36. The molecule has 21 heavy (non-hydrogen) atoms. The molecule has 1 N–H and O–H groups in total. The predicted molar refractivity (Wildman–Crippen MR) is 81.0 cm³/mol. The molecule has 0 aliphatic heterocycles. The normalized spacial score (nSPS) is 11.8. The van der Waals surface area contributed by atoms with E-state index in [1.807, 2.05) is 32.0 Å². The largest absolute Gasteiger partial charge is 0.481 e. The average Bonchev–Trinajstić information content (AvgIpc) is 2.40. The number of carbonyl (C=O) groups excluding carboxylic acids is 1. The summed E-state index contributed by atoms with van der Waals surface area (Å²) in [6.45, 7) is 5.60. The number of carbonyl (C=O) groups is 1.